The van der Waals surface area contributed by atoms with Crippen molar-refractivity contribution in [1.82, 2.24) is 0 Å². The van der Waals surface area contributed by atoms with Gasteiger partial charge >= 0.3 is 0 Å². The van der Waals surface area contributed by atoms with Crippen LogP contribution >= 0.6 is 7.26 Å². The van der Waals surface area contributed by atoms with Crippen LogP contribution in [0.1, 0.15) is 24.2 Å². The van der Waals surface area contributed by atoms with Gasteiger partial charge in [-0.3, -0.25) is 4.79 Å². The van der Waals surface area contributed by atoms with Gasteiger partial charge in [-0.2, -0.15) is 0 Å². The molecule has 0 aliphatic heterocycles. The molecule has 0 bridgehead atoms. The number of benzene rings is 2. The summed E-state index contributed by atoms with van der Waals surface area (Å²) >= 11 is 0. The molecule has 2 aromatic carbocycles. The molecule has 0 unspecified atom stereocenters. The molecule has 0 aromatic heterocycles. The Morgan fingerprint density at radius 2 is 1.55 bits per heavy atom. The van der Waals surface area contributed by atoms with Gasteiger partial charge in [0.25, 0.3) is 0 Å². The molecular formula is C19H24O2P+. The first kappa shape index (κ1) is 16.7. The van der Waals surface area contributed by atoms with Gasteiger partial charge in [0.1, 0.15) is 11.9 Å². The maximum Gasteiger partial charge on any atom is 0.200 e. The second-order valence-corrected chi connectivity index (χ2v) is 9.81. The Balaban J connectivity index is 2.25. The predicted molar refractivity (Wildman–Crippen MR) is 96.3 cm³/mol. The number of hydrogen-bond acceptors (Lipinski definition) is 2. The van der Waals surface area contributed by atoms with Crippen LogP contribution in [0.25, 0.3) is 0 Å². The van der Waals surface area contributed by atoms with Crippen molar-refractivity contribution in [2.24, 2.45) is 0 Å². The third kappa shape index (κ3) is 3.56. The lowest BCUT2D eigenvalue weighted by Gasteiger charge is -2.24. The fraction of sp³-hybridized carbons (Fsp3) is 0.316. The van der Waals surface area contributed by atoms with Crippen LogP contribution in [0.15, 0.2) is 54.6 Å². The molecule has 22 heavy (non-hydrogen) atoms. The highest BCUT2D eigenvalue weighted by atomic mass is 31.2. The molecule has 0 aliphatic rings. The highest BCUT2D eigenvalue weighted by molar-refractivity contribution is 7.83. The molecule has 3 heteroatoms. The van der Waals surface area contributed by atoms with E-state index in [1.54, 1.807) is 7.11 Å². The summed E-state index contributed by atoms with van der Waals surface area (Å²) in [6.45, 7) is 4.43. The van der Waals surface area contributed by atoms with Crippen molar-refractivity contribution in [2.75, 3.05) is 25.6 Å². The summed E-state index contributed by atoms with van der Waals surface area (Å²) in [5, 5.41) is 1.36. The van der Waals surface area contributed by atoms with Gasteiger partial charge in [0.2, 0.25) is 0 Å². The van der Waals surface area contributed by atoms with Crippen LogP contribution in [0, 0.1) is 0 Å². The first-order chi connectivity index (χ1) is 10.6. The molecule has 0 spiro atoms. The Bertz CT molecular complexity index is 601. The third-order valence-corrected chi connectivity index (χ3v) is 9.08. The van der Waals surface area contributed by atoms with Gasteiger partial charge in [0.05, 0.1) is 32.0 Å². The first-order valence-electron chi connectivity index (χ1n) is 7.74. The van der Waals surface area contributed by atoms with Gasteiger partial charge in [-0.15, -0.1) is 0 Å². The standard InChI is InChI=1S/C19H24O2P/c1-4-22(5-2,18-9-7-6-8-10-18)15-19(20)16-11-13-17(21-3)14-12-16/h6-14H,4-5,15H2,1-3H3/q+1. The molecular weight excluding hydrogens is 291 g/mol. The molecule has 0 amide bonds. The van der Waals surface area contributed by atoms with Crippen LogP contribution in [-0.4, -0.2) is 31.4 Å². The van der Waals surface area contributed by atoms with E-state index in [2.05, 4.69) is 38.1 Å². The molecule has 0 atom stereocenters. The molecule has 0 saturated carbocycles. The maximum absolute atomic E-state index is 12.7. The Morgan fingerprint density at radius 3 is 2.05 bits per heavy atom. The van der Waals surface area contributed by atoms with E-state index in [1.807, 2.05) is 30.3 Å². The molecule has 0 N–H and O–H groups in total. The number of carbonyl (C=O) groups excluding carboxylic acids is 1. The zero-order valence-corrected chi connectivity index (χ0v) is 14.5. The van der Waals surface area contributed by atoms with Crippen LogP contribution in [-0.2, 0) is 0 Å². The number of methoxy groups -OCH3 is 1. The molecule has 0 radical (unpaired) electrons. The molecule has 116 valence electrons. The van der Waals surface area contributed by atoms with Crippen molar-refractivity contribution in [3.8, 4) is 5.75 Å². The fourth-order valence-corrected chi connectivity index (χ4v) is 6.14. The van der Waals surface area contributed by atoms with E-state index < -0.39 is 7.26 Å². The highest BCUT2D eigenvalue weighted by Crippen LogP contribution is 2.57. The van der Waals surface area contributed by atoms with Gasteiger partial charge in [-0.1, -0.05) is 18.2 Å². The monoisotopic (exact) mass is 315 g/mol. The van der Waals surface area contributed by atoms with Gasteiger partial charge in [-0.25, -0.2) is 0 Å². The summed E-state index contributed by atoms with van der Waals surface area (Å²) in [5.41, 5.74) is 0.781. The van der Waals surface area contributed by atoms with Gasteiger partial charge < -0.3 is 4.74 Å². The van der Waals surface area contributed by atoms with Crippen LogP contribution in [0.2, 0.25) is 0 Å². The average molecular weight is 315 g/mol. The summed E-state index contributed by atoms with van der Waals surface area (Å²) in [5.74, 6) is 1.02. The Morgan fingerprint density at radius 1 is 0.955 bits per heavy atom. The summed E-state index contributed by atoms with van der Waals surface area (Å²) in [6.07, 6.45) is 2.78. The molecule has 0 aliphatic carbocycles. The van der Waals surface area contributed by atoms with Crippen molar-refractivity contribution < 1.29 is 9.53 Å². The maximum atomic E-state index is 12.7. The summed E-state index contributed by atoms with van der Waals surface area (Å²) in [4.78, 5) is 12.7. The third-order valence-electron chi connectivity index (χ3n) is 4.37. The minimum atomic E-state index is -1.43. The van der Waals surface area contributed by atoms with E-state index in [0.717, 1.165) is 23.6 Å². The first-order valence-corrected chi connectivity index (χ1v) is 10.1. The number of Topliss-reactive ketones (excluding diaryl/α,β-unsaturated/α-hetero) is 1. The lowest BCUT2D eigenvalue weighted by atomic mass is 10.1. The van der Waals surface area contributed by atoms with Crippen LogP contribution < -0.4 is 10.0 Å². The molecule has 0 saturated heterocycles. The lowest BCUT2D eigenvalue weighted by molar-refractivity contribution is 0.102. The van der Waals surface area contributed by atoms with Crippen molar-refractivity contribution >= 4 is 18.4 Å². The minimum absolute atomic E-state index is 0.239. The second-order valence-electron chi connectivity index (χ2n) is 5.42. The van der Waals surface area contributed by atoms with Crippen molar-refractivity contribution in [2.45, 2.75) is 13.8 Å². The molecule has 2 rings (SSSR count). The lowest BCUT2D eigenvalue weighted by Crippen LogP contribution is -2.23. The quantitative estimate of drug-likeness (QED) is 0.564. The van der Waals surface area contributed by atoms with Gasteiger partial charge in [-0.05, 0) is 50.2 Å². The topological polar surface area (TPSA) is 26.3 Å². The van der Waals surface area contributed by atoms with Crippen LogP contribution in [0.4, 0.5) is 0 Å². The predicted octanol–water partition coefficient (Wildman–Crippen LogP) is 4.26. The average Bonchev–Trinajstić information content (AvgIpc) is 2.60. The largest absolute Gasteiger partial charge is 0.497 e. The zero-order chi connectivity index (χ0) is 16.0. The zero-order valence-electron chi connectivity index (χ0n) is 13.6. The smallest absolute Gasteiger partial charge is 0.200 e. The van der Waals surface area contributed by atoms with Crippen molar-refractivity contribution in [3.63, 3.8) is 0 Å². The summed E-state index contributed by atoms with van der Waals surface area (Å²) in [6, 6.07) is 18.0. The normalized spacial score (nSPS) is 11.2. The van der Waals surface area contributed by atoms with Gasteiger partial charge in [0.15, 0.2) is 5.78 Å². The summed E-state index contributed by atoms with van der Waals surface area (Å²) < 4.78 is 5.16. The SMILES string of the molecule is CC[P+](CC)(CC(=O)c1ccc(OC)cc1)c1ccccc1. The van der Waals surface area contributed by atoms with Crippen molar-refractivity contribution in [1.29, 1.82) is 0 Å². The van der Waals surface area contributed by atoms with E-state index >= 15 is 0 Å². The number of ether oxygens (including phenoxy) is 1. The van der Waals surface area contributed by atoms with E-state index in [9.17, 15) is 4.79 Å². The Kier molecular flexibility index (Phi) is 5.74. The number of rotatable bonds is 7. The van der Waals surface area contributed by atoms with E-state index in [4.69, 9.17) is 4.74 Å². The van der Waals surface area contributed by atoms with Crippen molar-refractivity contribution in [3.05, 3.63) is 60.2 Å². The fourth-order valence-electron chi connectivity index (χ4n) is 2.79. The van der Waals surface area contributed by atoms with Gasteiger partial charge in [0, 0.05) is 5.56 Å². The number of ketones is 1. The van der Waals surface area contributed by atoms with E-state index in [-0.39, 0.29) is 5.78 Å². The van der Waals surface area contributed by atoms with E-state index in [0.29, 0.717) is 6.16 Å². The number of hydrogen-bond donors (Lipinski definition) is 0. The minimum Gasteiger partial charge on any atom is -0.497 e. The summed E-state index contributed by atoms with van der Waals surface area (Å²) in [7, 11) is 0.204. The Hall–Kier alpha value is -1.66. The molecule has 0 fully saturated rings. The second kappa shape index (κ2) is 7.56. The molecule has 2 nitrogen and oxygen atoms in total. The number of carbonyl (C=O) groups is 1. The van der Waals surface area contributed by atoms with E-state index in [1.165, 1.54) is 5.30 Å². The molecule has 0 heterocycles. The van der Waals surface area contributed by atoms with Crippen LogP contribution in [0.3, 0.4) is 0 Å². The highest BCUT2D eigenvalue weighted by Gasteiger charge is 2.38. The molecule has 2 aromatic rings. The Labute approximate surface area is 133 Å². The van der Waals surface area contributed by atoms with Crippen LogP contribution in [0.5, 0.6) is 5.75 Å².